The van der Waals surface area contributed by atoms with E-state index in [2.05, 4.69) is 24.0 Å². The van der Waals surface area contributed by atoms with Crippen LogP contribution in [0.1, 0.15) is 34.5 Å². The Balaban J connectivity index is 1.78. The van der Waals surface area contributed by atoms with E-state index in [9.17, 15) is 9.90 Å². The lowest BCUT2D eigenvalue weighted by Gasteiger charge is -2.11. The van der Waals surface area contributed by atoms with E-state index in [1.807, 2.05) is 12.1 Å². The summed E-state index contributed by atoms with van der Waals surface area (Å²) >= 11 is 0. The molecule has 2 rings (SSSR count). The van der Waals surface area contributed by atoms with Gasteiger partial charge in [-0.3, -0.25) is 4.79 Å². The maximum absolute atomic E-state index is 10.9. The SMILES string of the molecule is Cc1ccccc1CCC[C@H](O)Cn1cnc(C(N)=O)c1. The number of aliphatic hydroxyl groups excluding tert-OH is 1. The zero-order valence-corrected chi connectivity index (χ0v) is 12.2. The van der Waals surface area contributed by atoms with Crippen LogP contribution in [0.4, 0.5) is 0 Å². The number of hydrogen-bond donors (Lipinski definition) is 2. The molecule has 0 bridgehead atoms. The monoisotopic (exact) mass is 287 g/mol. The number of primary amides is 1. The summed E-state index contributed by atoms with van der Waals surface area (Å²) in [6, 6.07) is 8.29. The van der Waals surface area contributed by atoms with Crippen LogP contribution in [0, 0.1) is 6.92 Å². The highest BCUT2D eigenvalue weighted by Crippen LogP contribution is 2.12. The molecule has 1 atom stereocenters. The average Bonchev–Trinajstić information content (AvgIpc) is 2.89. The van der Waals surface area contributed by atoms with E-state index < -0.39 is 12.0 Å². The lowest BCUT2D eigenvalue weighted by Crippen LogP contribution is -2.15. The maximum atomic E-state index is 10.9. The van der Waals surface area contributed by atoms with Crippen LogP contribution in [-0.2, 0) is 13.0 Å². The van der Waals surface area contributed by atoms with Crippen molar-refractivity contribution in [2.45, 2.75) is 38.8 Å². The molecule has 0 saturated heterocycles. The van der Waals surface area contributed by atoms with Crippen molar-refractivity contribution < 1.29 is 9.90 Å². The van der Waals surface area contributed by atoms with Crippen LogP contribution in [0.2, 0.25) is 0 Å². The molecular weight excluding hydrogens is 266 g/mol. The third-order valence-corrected chi connectivity index (χ3v) is 3.55. The molecule has 5 nitrogen and oxygen atoms in total. The highest BCUT2D eigenvalue weighted by Gasteiger charge is 2.09. The number of amides is 1. The van der Waals surface area contributed by atoms with E-state index in [0.29, 0.717) is 13.0 Å². The number of imidazole rings is 1. The van der Waals surface area contributed by atoms with Crippen LogP contribution in [0.25, 0.3) is 0 Å². The van der Waals surface area contributed by atoms with Crippen molar-refractivity contribution in [1.82, 2.24) is 9.55 Å². The molecule has 0 aliphatic rings. The predicted octanol–water partition coefficient (Wildman–Crippen LogP) is 1.67. The maximum Gasteiger partial charge on any atom is 0.268 e. The molecule has 0 radical (unpaired) electrons. The second-order valence-corrected chi connectivity index (χ2v) is 5.29. The van der Waals surface area contributed by atoms with E-state index >= 15 is 0 Å². The van der Waals surface area contributed by atoms with Crippen molar-refractivity contribution >= 4 is 5.91 Å². The van der Waals surface area contributed by atoms with Gasteiger partial charge in [-0.15, -0.1) is 0 Å². The minimum absolute atomic E-state index is 0.224. The summed E-state index contributed by atoms with van der Waals surface area (Å²) in [5.74, 6) is -0.553. The van der Waals surface area contributed by atoms with Gasteiger partial charge < -0.3 is 15.4 Å². The van der Waals surface area contributed by atoms with E-state index in [0.717, 1.165) is 12.8 Å². The first-order valence-corrected chi connectivity index (χ1v) is 7.10. The molecular formula is C16H21N3O2. The fourth-order valence-electron chi connectivity index (χ4n) is 2.34. The van der Waals surface area contributed by atoms with Gasteiger partial charge in [-0.1, -0.05) is 24.3 Å². The fraction of sp³-hybridized carbons (Fsp3) is 0.375. The Morgan fingerprint density at radius 2 is 2.19 bits per heavy atom. The Morgan fingerprint density at radius 1 is 1.43 bits per heavy atom. The van der Waals surface area contributed by atoms with Gasteiger partial charge in [0.05, 0.1) is 12.4 Å². The van der Waals surface area contributed by atoms with Crippen LogP contribution < -0.4 is 5.73 Å². The molecule has 3 N–H and O–H groups in total. The summed E-state index contributed by atoms with van der Waals surface area (Å²) in [5.41, 5.74) is 7.97. The second kappa shape index (κ2) is 7.04. The highest BCUT2D eigenvalue weighted by molar-refractivity contribution is 5.90. The van der Waals surface area contributed by atoms with Crippen molar-refractivity contribution in [3.63, 3.8) is 0 Å². The van der Waals surface area contributed by atoms with Crippen molar-refractivity contribution in [3.8, 4) is 0 Å². The first-order chi connectivity index (χ1) is 10.1. The van der Waals surface area contributed by atoms with Gasteiger partial charge in [-0.05, 0) is 37.3 Å². The van der Waals surface area contributed by atoms with Crippen LogP contribution in [-0.4, -0.2) is 26.7 Å². The molecule has 2 aromatic rings. The van der Waals surface area contributed by atoms with E-state index in [4.69, 9.17) is 5.73 Å². The molecule has 5 heteroatoms. The minimum Gasteiger partial charge on any atom is -0.391 e. The average molecular weight is 287 g/mol. The van der Waals surface area contributed by atoms with Crippen LogP contribution in [0.15, 0.2) is 36.8 Å². The number of nitrogens with two attached hydrogens (primary N) is 1. The third-order valence-electron chi connectivity index (χ3n) is 3.55. The lowest BCUT2D eigenvalue weighted by atomic mass is 10.0. The molecule has 1 amide bonds. The van der Waals surface area contributed by atoms with Gasteiger partial charge in [-0.25, -0.2) is 4.98 Å². The summed E-state index contributed by atoms with van der Waals surface area (Å²) in [7, 11) is 0. The molecule has 112 valence electrons. The van der Waals surface area contributed by atoms with E-state index in [1.165, 1.54) is 17.5 Å². The molecule has 1 aromatic carbocycles. The standard InChI is InChI=1S/C16H21N3O2/c1-12-5-2-3-6-13(12)7-4-8-14(20)9-19-10-15(16(17)21)18-11-19/h2-3,5-6,10-11,14,20H,4,7-9H2,1H3,(H2,17,21)/t14-/m0/s1. The van der Waals surface area contributed by atoms with Crippen LogP contribution >= 0.6 is 0 Å². The molecule has 1 aromatic heterocycles. The molecule has 0 aliphatic carbocycles. The number of nitrogens with zero attached hydrogens (tertiary/aromatic N) is 2. The Hall–Kier alpha value is -2.14. The molecule has 0 fully saturated rings. The zero-order chi connectivity index (χ0) is 15.2. The summed E-state index contributed by atoms with van der Waals surface area (Å²) < 4.78 is 1.69. The number of carbonyl (C=O) groups excluding carboxylic acids is 1. The highest BCUT2D eigenvalue weighted by atomic mass is 16.3. The number of hydrogen-bond acceptors (Lipinski definition) is 3. The number of benzene rings is 1. The van der Waals surface area contributed by atoms with E-state index in [1.54, 1.807) is 10.8 Å². The molecule has 0 saturated carbocycles. The number of rotatable bonds is 7. The molecule has 21 heavy (non-hydrogen) atoms. The Kier molecular flexibility index (Phi) is 5.11. The predicted molar refractivity (Wildman–Crippen MR) is 80.9 cm³/mol. The molecule has 0 unspecified atom stereocenters. The van der Waals surface area contributed by atoms with Crippen molar-refractivity contribution in [2.75, 3.05) is 0 Å². The van der Waals surface area contributed by atoms with Gasteiger partial charge in [0.15, 0.2) is 0 Å². The number of carbonyl (C=O) groups is 1. The van der Waals surface area contributed by atoms with Crippen molar-refractivity contribution in [2.24, 2.45) is 5.73 Å². The normalized spacial score (nSPS) is 12.3. The topological polar surface area (TPSA) is 81.1 Å². The molecule has 0 spiro atoms. The largest absolute Gasteiger partial charge is 0.391 e. The Morgan fingerprint density at radius 3 is 2.86 bits per heavy atom. The second-order valence-electron chi connectivity index (χ2n) is 5.29. The number of aromatic nitrogens is 2. The molecule has 0 aliphatic heterocycles. The van der Waals surface area contributed by atoms with Crippen molar-refractivity contribution in [1.29, 1.82) is 0 Å². The van der Waals surface area contributed by atoms with Gasteiger partial charge >= 0.3 is 0 Å². The fourth-order valence-corrected chi connectivity index (χ4v) is 2.34. The zero-order valence-electron chi connectivity index (χ0n) is 12.2. The van der Waals surface area contributed by atoms with Crippen LogP contribution in [0.5, 0.6) is 0 Å². The van der Waals surface area contributed by atoms with Gasteiger partial charge in [0.25, 0.3) is 5.91 Å². The van der Waals surface area contributed by atoms with Gasteiger partial charge in [0.2, 0.25) is 0 Å². The van der Waals surface area contributed by atoms with Crippen LogP contribution in [0.3, 0.4) is 0 Å². The summed E-state index contributed by atoms with van der Waals surface area (Å²) in [5, 5.41) is 10.0. The van der Waals surface area contributed by atoms with Gasteiger partial charge in [-0.2, -0.15) is 0 Å². The minimum atomic E-state index is -0.553. The quantitative estimate of drug-likeness (QED) is 0.813. The Labute approximate surface area is 124 Å². The first-order valence-electron chi connectivity index (χ1n) is 7.10. The summed E-state index contributed by atoms with van der Waals surface area (Å²) in [6.07, 6.45) is 5.21. The number of aryl methyl sites for hydroxylation is 2. The smallest absolute Gasteiger partial charge is 0.268 e. The van der Waals surface area contributed by atoms with Gasteiger partial charge in [0, 0.05) is 12.7 Å². The van der Waals surface area contributed by atoms with Crippen molar-refractivity contribution in [3.05, 3.63) is 53.6 Å². The number of aliphatic hydroxyl groups is 1. The van der Waals surface area contributed by atoms with E-state index in [-0.39, 0.29) is 5.69 Å². The molecule has 1 heterocycles. The lowest BCUT2D eigenvalue weighted by molar-refractivity contribution is 0.0995. The Bertz CT molecular complexity index is 607. The first kappa shape index (κ1) is 15.3. The third kappa shape index (κ3) is 4.43. The summed E-state index contributed by atoms with van der Waals surface area (Å²) in [6.45, 7) is 2.52. The summed E-state index contributed by atoms with van der Waals surface area (Å²) in [4.78, 5) is 14.8. The van der Waals surface area contributed by atoms with Gasteiger partial charge in [0.1, 0.15) is 5.69 Å².